The summed E-state index contributed by atoms with van der Waals surface area (Å²) < 4.78 is 4.84. The van der Waals surface area contributed by atoms with Gasteiger partial charge < -0.3 is 9.64 Å². The molecule has 3 nitrogen and oxygen atoms in total. The van der Waals surface area contributed by atoms with Crippen LogP contribution in [0.4, 0.5) is 0 Å². The predicted octanol–water partition coefficient (Wildman–Crippen LogP) is 1.53. The molecule has 2 aliphatic rings. The maximum absolute atomic E-state index is 11.5. The van der Waals surface area contributed by atoms with Crippen LogP contribution in [0.25, 0.3) is 0 Å². The van der Waals surface area contributed by atoms with Crippen molar-refractivity contribution in [1.82, 2.24) is 4.90 Å². The summed E-state index contributed by atoms with van der Waals surface area (Å²) in [6.45, 7) is 2.41. The van der Waals surface area contributed by atoms with E-state index in [4.69, 9.17) is 4.74 Å². The molecule has 0 aromatic heterocycles. The molecule has 1 saturated heterocycles. The second-order valence-corrected chi connectivity index (χ2v) is 5.10. The van der Waals surface area contributed by atoms with E-state index in [0.29, 0.717) is 0 Å². The van der Waals surface area contributed by atoms with Crippen molar-refractivity contribution >= 4 is 5.97 Å². The number of piperidine rings is 1. The molecule has 86 valence electrons. The van der Waals surface area contributed by atoms with E-state index < -0.39 is 0 Å². The highest BCUT2D eigenvalue weighted by atomic mass is 16.5. The van der Waals surface area contributed by atoms with Crippen molar-refractivity contribution in [2.75, 3.05) is 27.2 Å². The van der Waals surface area contributed by atoms with Crippen molar-refractivity contribution in [3.05, 3.63) is 0 Å². The highest BCUT2D eigenvalue weighted by Crippen LogP contribution is 2.38. The summed E-state index contributed by atoms with van der Waals surface area (Å²) in [6, 6.07) is 0. The topological polar surface area (TPSA) is 29.5 Å². The van der Waals surface area contributed by atoms with Gasteiger partial charge >= 0.3 is 5.97 Å². The number of ether oxygens (including phenoxy) is 1. The maximum atomic E-state index is 11.5. The van der Waals surface area contributed by atoms with Gasteiger partial charge in [-0.2, -0.15) is 0 Å². The Kier molecular flexibility index (Phi) is 3.29. The zero-order chi connectivity index (χ0) is 10.8. The number of carbonyl (C=O) groups excluding carboxylic acids is 1. The molecule has 0 N–H and O–H groups in total. The van der Waals surface area contributed by atoms with E-state index in [2.05, 4.69) is 11.9 Å². The molecule has 0 amide bonds. The van der Waals surface area contributed by atoms with Crippen molar-refractivity contribution in [3.8, 4) is 0 Å². The van der Waals surface area contributed by atoms with Crippen molar-refractivity contribution < 1.29 is 9.53 Å². The molecule has 2 rings (SSSR count). The van der Waals surface area contributed by atoms with Crippen LogP contribution in [0.15, 0.2) is 0 Å². The van der Waals surface area contributed by atoms with Gasteiger partial charge in [0, 0.05) is 6.54 Å². The van der Waals surface area contributed by atoms with Gasteiger partial charge in [-0.05, 0) is 51.1 Å². The molecule has 1 saturated carbocycles. The monoisotopic (exact) mass is 211 g/mol. The van der Waals surface area contributed by atoms with E-state index in [0.717, 1.165) is 24.7 Å². The van der Waals surface area contributed by atoms with Gasteiger partial charge in [-0.15, -0.1) is 0 Å². The average molecular weight is 211 g/mol. The summed E-state index contributed by atoms with van der Waals surface area (Å²) in [4.78, 5) is 13.9. The van der Waals surface area contributed by atoms with Crippen molar-refractivity contribution in [2.45, 2.75) is 25.7 Å². The van der Waals surface area contributed by atoms with Crippen molar-refractivity contribution in [2.24, 2.45) is 17.8 Å². The van der Waals surface area contributed by atoms with Crippen LogP contribution in [0.5, 0.6) is 0 Å². The number of nitrogens with zero attached hydrogens (tertiary/aromatic N) is 1. The summed E-state index contributed by atoms with van der Waals surface area (Å²) in [5.41, 5.74) is 0. The highest BCUT2D eigenvalue weighted by molar-refractivity contribution is 5.72. The molecule has 1 aliphatic heterocycles. The number of fused-ring (bicyclic) bond motifs is 1. The molecule has 3 atom stereocenters. The van der Waals surface area contributed by atoms with Crippen LogP contribution in [-0.2, 0) is 9.53 Å². The Hall–Kier alpha value is -0.570. The first kappa shape index (κ1) is 10.9. The Balaban J connectivity index is 1.92. The Morgan fingerprint density at radius 2 is 2.07 bits per heavy atom. The summed E-state index contributed by atoms with van der Waals surface area (Å²) in [5, 5.41) is 0. The molecular weight excluding hydrogens is 190 g/mol. The molecule has 0 bridgehead atoms. The molecule has 2 fully saturated rings. The van der Waals surface area contributed by atoms with E-state index in [1.165, 1.54) is 33.0 Å². The number of hydrogen-bond donors (Lipinski definition) is 0. The largest absolute Gasteiger partial charge is 0.469 e. The first-order valence-corrected chi connectivity index (χ1v) is 5.97. The van der Waals surface area contributed by atoms with Crippen LogP contribution >= 0.6 is 0 Å². The standard InChI is InChI=1S/C12H21NO2/c1-13-6-5-9-7-10(12(14)15-2)3-4-11(9)8-13/h9-11H,3-8H2,1-2H3/t9-,10+,11+/m0/s1. The fourth-order valence-electron chi connectivity index (χ4n) is 3.18. The lowest BCUT2D eigenvalue weighted by Crippen LogP contribution is -2.42. The molecule has 0 unspecified atom stereocenters. The van der Waals surface area contributed by atoms with Gasteiger partial charge in [-0.1, -0.05) is 0 Å². The lowest BCUT2D eigenvalue weighted by Gasteiger charge is -2.41. The van der Waals surface area contributed by atoms with E-state index >= 15 is 0 Å². The van der Waals surface area contributed by atoms with Crippen LogP contribution in [0.2, 0.25) is 0 Å². The van der Waals surface area contributed by atoms with E-state index in [-0.39, 0.29) is 11.9 Å². The van der Waals surface area contributed by atoms with Crippen LogP contribution in [0.1, 0.15) is 25.7 Å². The smallest absolute Gasteiger partial charge is 0.308 e. The molecule has 0 aromatic carbocycles. The summed E-state index contributed by atoms with van der Waals surface area (Å²) in [7, 11) is 3.70. The third kappa shape index (κ3) is 2.33. The second kappa shape index (κ2) is 4.52. The number of esters is 1. The summed E-state index contributed by atoms with van der Waals surface area (Å²) in [5.74, 6) is 1.77. The normalized spacial score (nSPS) is 37.1. The Labute approximate surface area is 91.8 Å². The van der Waals surface area contributed by atoms with Gasteiger partial charge in [0.25, 0.3) is 0 Å². The van der Waals surface area contributed by atoms with Crippen molar-refractivity contribution in [1.29, 1.82) is 0 Å². The fourth-order valence-corrected chi connectivity index (χ4v) is 3.18. The number of methoxy groups -OCH3 is 1. The van der Waals surface area contributed by atoms with E-state index in [1.807, 2.05) is 0 Å². The van der Waals surface area contributed by atoms with Gasteiger partial charge in [-0.3, -0.25) is 4.79 Å². The minimum atomic E-state index is 0.00683. The zero-order valence-electron chi connectivity index (χ0n) is 9.74. The molecule has 0 spiro atoms. The lowest BCUT2D eigenvalue weighted by atomic mass is 9.71. The molecule has 1 heterocycles. The molecule has 15 heavy (non-hydrogen) atoms. The minimum absolute atomic E-state index is 0.00683. The zero-order valence-corrected chi connectivity index (χ0v) is 9.74. The SMILES string of the molecule is COC(=O)[C@@H]1CC[C@@H]2CN(C)CC[C@H]2C1. The fraction of sp³-hybridized carbons (Fsp3) is 0.917. The maximum Gasteiger partial charge on any atom is 0.308 e. The van der Waals surface area contributed by atoms with Gasteiger partial charge in [0.1, 0.15) is 0 Å². The Bertz CT molecular complexity index is 242. The van der Waals surface area contributed by atoms with Crippen molar-refractivity contribution in [3.63, 3.8) is 0 Å². The van der Waals surface area contributed by atoms with E-state index in [9.17, 15) is 4.79 Å². The molecule has 3 heteroatoms. The summed E-state index contributed by atoms with van der Waals surface area (Å²) >= 11 is 0. The first-order chi connectivity index (χ1) is 7.20. The van der Waals surface area contributed by atoms with Gasteiger partial charge in [-0.25, -0.2) is 0 Å². The number of likely N-dealkylation sites (tertiary alicyclic amines) is 1. The van der Waals surface area contributed by atoms with Crippen LogP contribution in [-0.4, -0.2) is 38.1 Å². The predicted molar refractivity (Wildman–Crippen MR) is 58.5 cm³/mol. The minimum Gasteiger partial charge on any atom is -0.469 e. The molecule has 1 aliphatic carbocycles. The third-order valence-electron chi connectivity index (χ3n) is 4.10. The molecule has 0 aromatic rings. The Morgan fingerprint density at radius 1 is 1.27 bits per heavy atom. The second-order valence-electron chi connectivity index (χ2n) is 5.10. The van der Waals surface area contributed by atoms with Gasteiger partial charge in [0.2, 0.25) is 0 Å². The van der Waals surface area contributed by atoms with Crippen LogP contribution in [0, 0.1) is 17.8 Å². The average Bonchev–Trinajstić information content (AvgIpc) is 2.27. The summed E-state index contributed by atoms with van der Waals surface area (Å²) in [6.07, 6.45) is 4.55. The Morgan fingerprint density at radius 3 is 2.80 bits per heavy atom. The van der Waals surface area contributed by atoms with Gasteiger partial charge in [0.05, 0.1) is 13.0 Å². The molecular formula is C12H21NO2. The van der Waals surface area contributed by atoms with E-state index in [1.54, 1.807) is 0 Å². The van der Waals surface area contributed by atoms with Crippen LogP contribution in [0.3, 0.4) is 0 Å². The third-order valence-corrected chi connectivity index (χ3v) is 4.10. The number of carbonyl (C=O) groups is 1. The van der Waals surface area contributed by atoms with Gasteiger partial charge in [0.15, 0.2) is 0 Å². The first-order valence-electron chi connectivity index (χ1n) is 5.97. The number of rotatable bonds is 1. The number of hydrogen-bond acceptors (Lipinski definition) is 3. The lowest BCUT2D eigenvalue weighted by molar-refractivity contribution is -0.148. The molecule has 0 radical (unpaired) electrons. The quantitative estimate of drug-likeness (QED) is 0.616. The van der Waals surface area contributed by atoms with Crippen LogP contribution < -0.4 is 0 Å². The highest BCUT2D eigenvalue weighted by Gasteiger charge is 2.36.